The zero-order valence-electron chi connectivity index (χ0n) is 18.3. The molecule has 8 heteroatoms. The van der Waals surface area contributed by atoms with Gasteiger partial charge in [-0.15, -0.1) is 0 Å². The van der Waals surface area contributed by atoms with Gasteiger partial charge in [-0.3, -0.25) is 4.79 Å². The van der Waals surface area contributed by atoms with Crippen LogP contribution in [-0.2, 0) is 0 Å². The number of carbonyl (C=O) groups excluding carboxylic acids is 1. The number of hydrogen-bond acceptors (Lipinski definition) is 7. The van der Waals surface area contributed by atoms with Gasteiger partial charge in [-0.1, -0.05) is 25.0 Å². The molecule has 168 valence electrons. The first-order chi connectivity index (χ1) is 15.5. The SMILES string of the molecule is COc1cc(C(=O)Nc2c(NC3CCCC3)c3ccccc3oc2=O)cc(OC)c1OC. The van der Waals surface area contributed by atoms with E-state index in [9.17, 15) is 9.59 Å². The fourth-order valence-electron chi connectivity index (χ4n) is 4.09. The fourth-order valence-corrected chi connectivity index (χ4v) is 4.09. The Morgan fingerprint density at radius 3 is 2.25 bits per heavy atom. The van der Waals surface area contributed by atoms with Crippen LogP contribution in [0.15, 0.2) is 45.6 Å². The van der Waals surface area contributed by atoms with Gasteiger partial charge >= 0.3 is 5.63 Å². The average molecular weight is 438 g/mol. The first kappa shape index (κ1) is 21.5. The van der Waals surface area contributed by atoms with Gasteiger partial charge in [-0.2, -0.15) is 0 Å². The number of fused-ring (bicyclic) bond motifs is 1. The van der Waals surface area contributed by atoms with Crippen LogP contribution in [0.4, 0.5) is 11.4 Å². The number of rotatable bonds is 7. The standard InChI is InChI=1S/C24H26N2O6/c1-29-18-12-14(13-19(30-2)22(18)31-3)23(27)26-21-20(25-15-8-4-5-9-15)16-10-6-7-11-17(16)32-24(21)28/h6-7,10-13,15,25H,4-5,8-9H2,1-3H3,(H,26,27). The van der Waals surface area contributed by atoms with Gasteiger partial charge in [0.15, 0.2) is 17.2 Å². The Labute approximate surface area is 185 Å². The Bertz CT molecular complexity index is 1170. The number of hydrogen-bond donors (Lipinski definition) is 2. The third-order valence-corrected chi connectivity index (χ3v) is 5.68. The lowest BCUT2D eigenvalue weighted by molar-refractivity contribution is 0.102. The lowest BCUT2D eigenvalue weighted by Crippen LogP contribution is -2.23. The van der Waals surface area contributed by atoms with Gasteiger partial charge < -0.3 is 29.3 Å². The van der Waals surface area contributed by atoms with Gasteiger partial charge in [0.25, 0.3) is 5.91 Å². The molecule has 0 unspecified atom stereocenters. The maximum atomic E-state index is 13.2. The number of carbonyl (C=O) groups is 1. The van der Waals surface area contributed by atoms with Crippen LogP contribution in [0.1, 0.15) is 36.0 Å². The molecule has 8 nitrogen and oxygen atoms in total. The minimum Gasteiger partial charge on any atom is -0.493 e. The van der Waals surface area contributed by atoms with Crippen LogP contribution in [0, 0.1) is 0 Å². The summed E-state index contributed by atoms with van der Waals surface area (Å²) >= 11 is 0. The van der Waals surface area contributed by atoms with Crippen molar-refractivity contribution in [3.8, 4) is 17.2 Å². The van der Waals surface area contributed by atoms with Gasteiger partial charge in [-0.05, 0) is 37.1 Å². The monoisotopic (exact) mass is 438 g/mol. The highest BCUT2D eigenvalue weighted by Crippen LogP contribution is 2.39. The minimum atomic E-state index is -0.620. The van der Waals surface area contributed by atoms with Crippen LogP contribution in [-0.4, -0.2) is 33.3 Å². The Hall–Kier alpha value is -3.68. The largest absolute Gasteiger partial charge is 0.493 e. The van der Waals surface area contributed by atoms with Crippen molar-refractivity contribution in [3.05, 3.63) is 52.4 Å². The average Bonchev–Trinajstić information content (AvgIpc) is 3.33. The third-order valence-electron chi connectivity index (χ3n) is 5.68. The zero-order chi connectivity index (χ0) is 22.7. The number of nitrogens with one attached hydrogen (secondary N) is 2. The Kier molecular flexibility index (Phi) is 6.20. The molecule has 1 aromatic heterocycles. The molecular weight excluding hydrogens is 412 g/mol. The molecule has 2 N–H and O–H groups in total. The van der Waals surface area contributed by atoms with E-state index >= 15 is 0 Å². The van der Waals surface area contributed by atoms with E-state index in [0.29, 0.717) is 28.5 Å². The summed E-state index contributed by atoms with van der Waals surface area (Å²) in [4.78, 5) is 26.0. The van der Waals surface area contributed by atoms with E-state index in [1.165, 1.54) is 33.5 Å². The van der Waals surface area contributed by atoms with Gasteiger partial charge in [0.1, 0.15) is 5.58 Å². The summed E-state index contributed by atoms with van der Waals surface area (Å²) in [5.74, 6) is 0.556. The predicted octanol–water partition coefficient (Wildman–Crippen LogP) is 4.43. The lowest BCUT2D eigenvalue weighted by Gasteiger charge is -2.19. The molecule has 32 heavy (non-hydrogen) atoms. The summed E-state index contributed by atoms with van der Waals surface area (Å²) in [6, 6.07) is 10.6. The molecule has 1 fully saturated rings. The molecule has 1 amide bonds. The normalized spacial score (nSPS) is 13.7. The van der Waals surface area contributed by atoms with Crippen LogP contribution in [0.5, 0.6) is 17.2 Å². The summed E-state index contributed by atoms with van der Waals surface area (Å²) < 4.78 is 21.5. The highest BCUT2D eigenvalue weighted by Gasteiger charge is 2.23. The van der Waals surface area contributed by atoms with Crippen molar-refractivity contribution in [1.82, 2.24) is 0 Å². The smallest absolute Gasteiger partial charge is 0.362 e. The summed E-state index contributed by atoms with van der Waals surface area (Å²) in [5, 5.41) is 6.95. The van der Waals surface area contributed by atoms with E-state index in [4.69, 9.17) is 18.6 Å². The van der Waals surface area contributed by atoms with E-state index < -0.39 is 11.5 Å². The molecular formula is C24H26N2O6. The highest BCUT2D eigenvalue weighted by atomic mass is 16.5. The molecule has 0 spiro atoms. The summed E-state index contributed by atoms with van der Waals surface area (Å²) in [6.45, 7) is 0. The molecule has 0 atom stereocenters. The van der Waals surface area contributed by atoms with Crippen molar-refractivity contribution in [2.45, 2.75) is 31.7 Å². The second-order valence-electron chi connectivity index (χ2n) is 7.63. The second kappa shape index (κ2) is 9.21. The van der Waals surface area contributed by atoms with E-state index in [0.717, 1.165) is 31.1 Å². The summed E-state index contributed by atoms with van der Waals surface area (Å²) in [6.07, 6.45) is 4.28. The highest BCUT2D eigenvalue weighted by molar-refractivity contribution is 6.09. The Balaban J connectivity index is 1.76. The molecule has 4 rings (SSSR count). The van der Waals surface area contributed by atoms with Crippen molar-refractivity contribution in [1.29, 1.82) is 0 Å². The van der Waals surface area contributed by atoms with E-state index in [-0.39, 0.29) is 17.3 Å². The lowest BCUT2D eigenvalue weighted by atomic mass is 10.1. The first-order valence-corrected chi connectivity index (χ1v) is 10.5. The predicted molar refractivity (Wildman–Crippen MR) is 122 cm³/mol. The van der Waals surface area contributed by atoms with Crippen molar-refractivity contribution in [3.63, 3.8) is 0 Å². The molecule has 1 heterocycles. The van der Waals surface area contributed by atoms with Crippen LogP contribution in [0.3, 0.4) is 0 Å². The Morgan fingerprint density at radius 2 is 1.62 bits per heavy atom. The van der Waals surface area contributed by atoms with Crippen LogP contribution >= 0.6 is 0 Å². The minimum absolute atomic E-state index is 0.0781. The van der Waals surface area contributed by atoms with Crippen molar-refractivity contribution in [2.24, 2.45) is 0 Å². The number of methoxy groups -OCH3 is 3. The number of amides is 1. The van der Waals surface area contributed by atoms with Crippen molar-refractivity contribution in [2.75, 3.05) is 32.0 Å². The van der Waals surface area contributed by atoms with Crippen LogP contribution in [0.25, 0.3) is 11.0 Å². The summed E-state index contributed by atoms with van der Waals surface area (Å²) in [5.41, 5.74) is 0.742. The molecule has 0 bridgehead atoms. The maximum Gasteiger partial charge on any atom is 0.362 e. The van der Waals surface area contributed by atoms with Gasteiger partial charge in [-0.25, -0.2) is 4.79 Å². The molecule has 0 aliphatic heterocycles. The van der Waals surface area contributed by atoms with Gasteiger partial charge in [0, 0.05) is 17.0 Å². The maximum absolute atomic E-state index is 13.2. The number of ether oxygens (including phenoxy) is 3. The molecule has 1 saturated carbocycles. The topological polar surface area (TPSA) is 99.0 Å². The quantitative estimate of drug-likeness (QED) is 0.527. The van der Waals surface area contributed by atoms with Crippen LogP contribution < -0.4 is 30.5 Å². The third kappa shape index (κ3) is 4.08. The fraction of sp³-hybridized carbons (Fsp3) is 0.333. The number of para-hydroxylation sites is 1. The van der Waals surface area contributed by atoms with E-state index in [2.05, 4.69) is 10.6 Å². The Morgan fingerprint density at radius 1 is 0.969 bits per heavy atom. The molecule has 3 aromatic rings. The van der Waals surface area contributed by atoms with Gasteiger partial charge in [0.2, 0.25) is 5.75 Å². The van der Waals surface area contributed by atoms with E-state index in [1.54, 1.807) is 12.1 Å². The number of anilines is 2. The van der Waals surface area contributed by atoms with Crippen molar-refractivity contribution >= 4 is 28.3 Å². The number of benzene rings is 2. The zero-order valence-corrected chi connectivity index (χ0v) is 18.3. The second-order valence-corrected chi connectivity index (χ2v) is 7.63. The summed E-state index contributed by atoms with van der Waals surface area (Å²) in [7, 11) is 4.43. The molecule has 0 saturated heterocycles. The first-order valence-electron chi connectivity index (χ1n) is 10.5. The molecule has 0 radical (unpaired) electrons. The van der Waals surface area contributed by atoms with Crippen LogP contribution in [0.2, 0.25) is 0 Å². The molecule has 2 aromatic carbocycles. The van der Waals surface area contributed by atoms with E-state index in [1.807, 2.05) is 12.1 Å². The van der Waals surface area contributed by atoms with Gasteiger partial charge in [0.05, 0.1) is 27.0 Å². The molecule has 1 aliphatic rings. The molecule has 1 aliphatic carbocycles. The van der Waals surface area contributed by atoms with Crippen molar-refractivity contribution < 1.29 is 23.4 Å².